The molecule has 0 spiro atoms. The van der Waals surface area contributed by atoms with Crippen LogP contribution < -0.4 is 0 Å². The standard InChI is InChI=1S/C22H28O2S2/c1-3-5-7-9-11-15-13-17-18-14-16(12-10-8-6-4-2)26-22(18)20(24)19(23)21(17)25-15/h13-14H,3-12H2,1-2H3. The Labute approximate surface area is 164 Å². The molecule has 0 aromatic carbocycles. The summed E-state index contributed by atoms with van der Waals surface area (Å²) >= 11 is 3.07. The molecule has 2 nitrogen and oxygen atoms in total. The van der Waals surface area contributed by atoms with E-state index in [0.29, 0.717) is 9.75 Å². The van der Waals surface area contributed by atoms with E-state index in [1.807, 2.05) is 0 Å². The fourth-order valence-corrected chi connectivity index (χ4v) is 5.83. The Morgan fingerprint density at radius 3 is 1.46 bits per heavy atom. The lowest BCUT2D eigenvalue weighted by atomic mass is 9.94. The van der Waals surface area contributed by atoms with Crippen LogP contribution in [0, 0.1) is 0 Å². The molecule has 140 valence electrons. The number of ketones is 2. The highest BCUT2D eigenvalue weighted by atomic mass is 32.1. The molecular formula is C22H28O2S2. The Bertz CT molecular complexity index is 716. The molecule has 0 N–H and O–H groups in total. The molecule has 0 radical (unpaired) electrons. The number of hydrogen-bond acceptors (Lipinski definition) is 4. The highest BCUT2D eigenvalue weighted by Gasteiger charge is 2.34. The van der Waals surface area contributed by atoms with Crippen LogP contribution in [0.25, 0.3) is 11.1 Å². The Balaban J connectivity index is 1.78. The average Bonchev–Trinajstić information content (AvgIpc) is 3.25. The van der Waals surface area contributed by atoms with Crippen molar-refractivity contribution >= 4 is 34.2 Å². The molecule has 3 rings (SSSR count). The van der Waals surface area contributed by atoms with E-state index in [2.05, 4.69) is 26.0 Å². The van der Waals surface area contributed by atoms with Gasteiger partial charge in [-0.05, 0) is 37.8 Å². The molecule has 2 aromatic heterocycles. The molecular weight excluding hydrogens is 360 g/mol. The van der Waals surface area contributed by atoms with Crippen molar-refractivity contribution in [2.24, 2.45) is 0 Å². The zero-order valence-corrected chi connectivity index (χ0v) is 17.5. The molecule has 0 saturated carbocycles. The van der Waals surface area contributed by atoms with E-state index in [9.17, 15) is 9.59 Å². The van der Waals surface area contributed by atoms with Gasteiger partial charge in [-0.3, -0.25) is 9.59 Å². The monoisotopic (exact) mass is 388 g/mol. The highest BCUT2D eigenvalue weighted by molar-refractivity contribution is 7.19. The topological polar surface area (TPSA) is 34.1 Å². The Kier molecular flexibility index (Phi) is 6.82. The van der Waals surface area contributed by atoms with Gasteiger partial charge in [0.2, 0.25) is 11.6 Å². The largest absolute Gasteiger partial charge is 0.284 e. The minimum atomic E-state index is -0.295. The maximum absolute atomic E-state index is 12.5. The van der Waals surface area contributed by atoms with E-state index < -0.39 is 0 Å². The SMILES string of the molecule is CCCCCCc1cc2c(s1)C(=O)C(=O)c1sc(CCCCCC)cc1-2. The second-order valence-corrected chi connectivity index (χ2v) is 9.46. The van der Waals surface area contributed by atoms with E-state index >= 15 is 0 Å². The number of unbranched alkanes of at least 4 members (excludes halogenated alkanes) is 6. The van der Waals surface area contributed by atoms with Gasteiger partial charge >= 0.3 is 0 Å². The minimum absolute atomic E-state index is 0.295. The fourth-order valence-electron chi connectivity index (χ4n) is 3.53. The lowest BCUT2D eigenvalue weighted by molar-refractivity contribution is 0.0820. The average molecular weight is 389 g/mol. The van der Waals surface area contributed by atoms with Gasteiger partial charge in [0.15, 0.2) is 0 Å². The molecule has 0 amide bonds. The number of Topliss-reactive ketones (excluding diaryl/α,β-unsaturated/α-hetero) is 2. The molecule has 4 heteroatoms. The summed E-state index contributed by atoms with van der Waals surface area (Å²) in [7, 11) is 0. The van der Waals surface area contributed by atoms with Crippen LogP contribution in [0.4, 0.5) is 0 Å². The molecule has 0 saturated heterocycles. The van der Waals surface area contributed by atoms with Gasteiger partial charge in [-0.25, -0.2) is 0 Å². The molecule has 1 aliphatic carbocycles. The van der Waals surface area contributed by atoms with Crippen molar-refractivity contribution in [1.82, 2.24) is 0 Å². The second kappa shape index (κ2) is 9.09. The quantitative estimate of drug-likeness (QED) is 0.321. The summed E-state index contributed by atoms with van der Waals surface area (Å²) in [6.45, 7) is 4.43. The van der Waals surface area contributed by atoms with Crippen molar-refractivity contribution in [3.8, 4) is 11.1 Å². The molecule has 0 unspecified atom stereocenters. The molecule has 1 aliphatic rings. The van der Waals surface area contributed by atoms with Crippen molar-refractivity contribution in [3.63, 3.8) is 0 Å². The summed E-state index contributed by atoms with van der Waals surface area (Å²) < 4.78 is 0. The number of carbonyl (C=O) groups is 2. The number of aryl methyl sites for hydroxylation is 2. The zero-order valence-electron chi connectivity index (χ0n) is 15.9. The van der Waals surface area contributed by atoms with E-state index in [0.717, 1.165) is 36.8 Å². The number of carbonyl (C=O) groups excluding carboxylic acids is 2. The lowest BCUT2D eigenvalue weighted by Crippen LogP contribution is -2.17. The molecule has 0 atom stereocenters. The van der Waals surface area contributed by atoms with E-state index in [4.69, 9.17) is 0 Å². The van der Waals surface area contributed by atoms with Crippen LogP contribution in [-0.4, -0.2) is 11.6 Å². The van der Waals surface area contributed by atoms with Crippen LogP contribution in [0.15, 0.2) is 12.1 Å². The maximum atomic E-state index is 12.5. The van der Waals surface area contributed by atoms with Crippen LogP contribution in [0.2, 0.25) is 0 Å². The van der Waals surface area contributed by atoms with Crippen LogP contribution >= 0.6 is 22.7 Å². The number of fused-ring (bicyclic) bond motifs is 3. The number of rotatable bonds is 10. The molecule has 0 aliphatic heterocycles. The lowest BCUT2D eigenvalue weighted by Gasteiger charge is -2.08. The summed E-state index contributed by atoms with van der Waals surface area (Å²) in [5.74, 6) is -0.589. The summed E-state index contributed by atoms with van der Waals surface area (Å²) in [5.41, 5.74) is 2.02. The van der Waals surface area contributed by atoms with Gasteiger partial charge in [0, 0.05) is 20.9 Å². The van der Waals surface area contributed by atoms with Gasteiger partial charge in [-0.2, -0.15) is 0 Å². The first-order valence-electron chi connectivity index (χ1n) is 10.0. The van der Waals surface area contributed by atoms with E-state index in [-0.39, 0.29) is 11.6 Å². The van der Waals surface area contributed by atoms with Crippen LogP contribution in [-0.2, 0) is 12.8 Å². The highest BCUT2D eigenvalue weighted by Crippen LogP contribution is 2.43. The summed E-state index contributed by atoms with van der Waals surface area (Å²) in [6, 6.07) is 4.34. The van der Waals surface area contributed by atoms with Crippen molar-refractivity contribution in [2.75, 3.05) is 0 Å². The van der Waals surface area contributed by atoms with Crippen molar-refractivity contribution < 1.29 is 9.59 Å². The van der Waals surface area contributed by atoms with E-state index in [1.165, 1.54) is 71.0 Å². The first-order valence-corrected chi connectivity index (χ1v) is 11.6. The van der Waals surface area contributed by atoms with Crippen LogP contribution in [0.3, 0.4) is 0 Å². The predicted molar refractivity (Wildman–Crippen MR) is 112 cm³/mol. The molecule has 2 aromatic rings. The smallest absolute Gasteiger partial charge is 0.244 e. The first kappa shape index (κ1) is 19.5. The third kappa shape index (κ3) is 4.17. The van der Waals surface area contributed by atoms with Gasteiger partial charge in [0.25, 0.3) is 0 Å². The first-order chi connectivity index (χ1) is 12.7. The Morgan fingerprint density at radius 2 is 1.08 bits per heavy atom. The van der Waals surface area contributed by atoms with Gasteiger partial charge < -0.3 is 0 Å². The third-order valence-electron chi connectivity index (χ3n) is 5.03. The molecule has 0 fully saturated rings. The van der Waals surface area contributed by atoms with Crippen LogP contribution in [0.5, 0.6) is 0 Å². The zero-order chi connectivity index (χ0) is 18.5. The van der Waals surface area contributed by atoms with Crippen molar-refractivity contribution in [1.29, 1.82) is 0 Å². The number of hydrogen-bond donors (Lipinski definition) is 0. The summed E-state index contributed by atoms with van der Waals surface area (Å²) in [5, 5.41) is 0. The molecule has 0 bridgehead atoms. The molecule has 2 heterocycles. The number of thiophene rings is 2. The molecule has 26 heavy (non-hydrogen) atoms. The van der Waals surface area contributed by atoms with Gasteiger partial charge in [-0.15, -0.1) is 22.7 Å². The minimum Gasteiger partial charge on any atom is -0.284 e. The Hall–Kier alpha value is -1.26. The van der Waals surface area contributed by atoms with Gasteiger partial charge in [0.05, 0.1) is 9.75 Å². The van der Waals surface area contributed by atoms with Crippen molar-refractivity contribution in [3.05, 3.63) is 31.6 Å². The van der Waals surface area contributed by atoms with Crippen molar-refractivity contribution in [2.45, 2.75) is 78.1 Å². The summed E-state index contributed by atoms with van der Waals surface area (Å²) in [6.07, 6.45) is 11.8. The normalized spacial score (nSPS) is 13.2. The fraction of sp³-hybridized carbons (Fsp3) is 0.545. The van der Waals surface area contributed by atoms with Crippen LogP contribution in [0.1, 0.15) is 94.3 Å². The second-order valence-electron chi connectivity index (χ2n) is 7.19. The third-order valence-corrected chi connectivity index (χ3v) is 7.42. The van der Waals surface area contributed by atoms with E-state index in [1.54, 1.807) is 0 Å². The van der Waals surface area contributed by atoms with Gasteiger partial charge in [-0.1, -0.05) is 52.4 Å². The predicted octanol–water partition coefficient (Wildman–Crippen LogP) is 7.10. The van der Waals surface area contributed by atoms with Gasteiger partial charge in [0.1, 0.15) is 0 Å². The Morgan fingerprint density at radius 1 is 0.654 bits per heavy atom. The summed E-state index contributed by atoms with van der Waals surface area (Å²) in [4.78, 5) is 28.9. The maximum Gasteiger partial charge on any atom is 0.244 e.